The van der Waals surface area contributed by atoms with Crippen LogP contribution in [0.4, 0.5) is 0 Å². The van der Waals surface area contributed by atoms with Crippen molar-refractivity contribution in [1.82, 2.24) is 0 Å². The normalized spacial score (nSPS) is 29.0. The first-order valence-corrected chi connectivity index (χ1v) is 9.39. The van der Waals surface area contributed by atoms with E-state index in [-0.39, 0.29) is 11.1 Å². The highest BCUT2D eigenvalue weighted by Gasteiger charge is 2.65. The predicted molar refractivity (Wildman–Crippen MR) is 98.6 cm³/mol. The van der Waals surface area contributed by atoms with Gasteiger partial charge in [0, 0.05) is 5.56 Å². The van der Waals surface area contributed by atoms with Crippen LogP contribution in [0.2, 0.25) is 0 Å². The number of allylic oxidation sites excluding steroid dienone is 2. The van der Waals surface area contributed by atoms with Gasteiger partial charge < -0.3 is 9.90 Å². The third-order valence-electron chi connectivity index (χ3n) is 6.94. The van der Waals surface area contributed by atoms with Gasteiger partial charge in [-0.1, -0.05) is 51.2 Å². The summed E-state index contributed by atoms with van der Waals surface area (Å²) in [6.07, 6.45) is 8.77. The number of benzene rings is 1. The Morgan fingerprint density at radius 3 is 2.79 bits per heavy atom. The Labute approximate surface area is 145 Å². The standard InChI is InChI=1S/C21H26BO2/c1-4-5-6-7-13-10-16-18(17(23)11-13)15-12-14-8-9-21(15,19(24)22-16)20(14,2)3/h10-12,14,23H,4-9H2,1-3H3. The minimum absolute atomic E-state index is 0.0418. The molecule has 1 fully saturated rings. The van der Waals surface area contributed by atoms with Crippen LogP contribution in [0.1, 0.15) is 64.0 Å². The molecule has 1 spiro atoms. The molecule has 0 saturated heterocycles. The second-order valence-corrected chi connectivity index (χ2v) is 8.40. The van der Waals surface area contributed by atoms with Crippen molar-refractivity contribution < 1.29 is 9.90 Å². The van der Waals surface area contributed by atoms with E-state index >= 15 is 0 Å². The van der Waals surface area contributed by atoms with E-state index in [2.05, 4.69) is 32.9 Å². The summed E-state index contributed by atoms with van der Waals surface area (Å²) in [4.78, 5) is 13.1. The number of carbonyl (C=O) groups excluding carboxylic acids is 1. The molecule has 0 amide bonds. The van der Waals surface area contributed by atoms with Gasteiger partial charge in [-0.3, -0.25) is 0 Å². The van der Waals surface area contributed by atoms with Crippen LogP contribution in [0, 0.1) is 16.7 Å². The smallest absolute Gasteiger partial charge is 0.243 e. The Bertz CT molecular complexity index is 746. The zero-order valence-electron chi connectivity index (χ0n) is 15.0. The second-order valence-electron chi connectivity index (χ2n) is 8.40. The topological polar surface area (TPSA) is 37.3 Å². The van der Waals surface area contributed by atoms with Crippen LogP contribution in [-0.4, -0.2) is 18.1 Å². The van der Waals surface area contributed by atoms with Gasteiger partial charge in [0.2, 0.25) is 7.28 Å². The number of hydrogen-bond donors (Lipinski definition) is 1. The van der Waals surface area contributed by atoms with Crippen LogP contribution in [0.5, 0.6) is 5.75 Å². The number of phenolic OH excluding ortho intramolecular Hbond substituents is 1. The molecule has 4 rings (SSSR count). The summed E-state index contributed by atoms with van der Waals surface area (Å²) in [5, 5.41) is 10.7. The van der Waals surface area contributed by atoms with Gasteiger partial charge in [0.1, 0.15) is 11.4 Å². The molecule has 2 nitrogen and oxygen atoms in total. The third-order valence-corrected chi connectivity index (χ3v) is 6.94. The summed E-state index contributed by atoms with van der Waals surface area (Å²) in [6, 6.07) is 4.04. The number of aryl methyl sites for hydroxylation is 1. The maximum Gasteiger partial charge on any atom is 0.243 e. The van der Waals surface area contributed by atoms with E-state index in [1.807, 2.05) is 13.3 Å². The van der Waals surface area contributed by atoms with E-state index in [4.69, 9.17) is 0 Å². The summed E-state index contributed by atoms with van der Waals surface area (Å²) in [5.41, 5.74) is 3.88. The summed E-state index contributed by atoms with van der Waals surface area (Å²) in [6.45, 7) is 6.64. The Morgan fingerprint density at radius 1 is 1.29 bits per heavy atom. The predicted octanol–water partition coefficient (Wildman–Crippen LogP) is 3.81. The van der Waals surface area contributed by atoms with Crippen molar-refractivity contribution >= 4 is 24.0 Å². The molecule has 1 aliphatic heterocycles. The quantitative estimate of drug-likeness (QED) is 0.676. The van der Waals surface area contributed by atoms with E-state index in [9.17, 15) is 9.90 Å². The van der Waals surface area contributed by atoms with Gasteiger partial charge in [0.25, 0.3) is 0 Å². The highest BCUT2D eigenvalue weighted by Crippen LogP contribution is 2.69. The number of hydrogen-bond acceptors (Lipinski definition) is 2. The molecule has 2 aliphatic carbocycles. The second kappa shape index (κ2) is 5.24. The minimum Gasteiger partial charge on any atom is -0.507 e. The lowest BCUT2D eigenvalue weighted by Crippen LogP contribution is -2.50. The van der Waals surface area contributed by atoms with Crippen molar-refractivity contribution in [2.24, 2.45) is 16.7 Å². The first-order valence-electron chi connectivity index (χ1n) is 9.39. The van der Waals surface area contributed by atoms with Crippen molar-refractivity contribution in [1.29, 1.82) is 0 Å². The Morgan fingerprint density at radius 2 is 2.08 bits per heavy atom. The molecule has 125 valence electrons. The van der Waals surface area contributed by atoms with Gasteiger partial charge in [-0.15, -0.1) is 0 Å². The third kappa shape index (κ3) is 1.87. The average Bonchev–Trinajstić information content (AvgIpc) is 2.91. The summed E-state index contributed by atoms with van der Waals surface area (Å²) in [5.74, 6) is 0.802. The molecule has 2 unspecified atom stereocenters. The van der Waals surface area contributed by atoms with E-state index in [1.165, 1.54) is 12.8 Å². The molecule has 1 N–H and O–H groups in total. The zero-order chi connectivity index (χ0) is 17.1. The van der Waals surface area contributed by atoms with Gasteiger partial charge in [-0.25, -0.2) is 0 Å². The highest BCUT2D eigenvalue weighted by atomic mass is 16.3. The molecule has 1 radical (unpaired) electrons. The number of rotatable bonds is 4. The largest absolute Gasteiger partial charge is 0.507 e. The number of carbonyl (C=O) groups is 1. The molecule has 0 aromatic heterocycles. The van der Waals surface area contributed by atoms with Gasteiger partial charge in [0.15, 0.2) is 0 Å². The molecule has 3 aliphatic rings. The van der Waals surface area contributed by atoms with E-state index in [1.54, 1.807) is 0 Å². The zero-order valence-corrected chi connectivity index (χ0v) is 15.0. The first kappa shape index (κ1) is 16.0. The molecule has 2 bridgehead atoms. The van der Waals surface area contributed by atoms with Crippen LogP contribution < -0.4 is 5.46 Å². The lowest BCUT2D eigenvalue weighted by molar-refractivity contribution is -0.121. The molecule has 2 atom stereocenters. The Kier molecular flexibility index (Phi) is 3.49. The fourth-order valence-corrected chi connectivity index (χ4v) is 5.46. The van der Waals surface area contributed by atoms with Crippen LogP contribution >= 0.6 is 0 Å². The first-order chi connectivity index (χ1) is 11.4. The average molecular weight is 321 g/mol. The summed E-state index contributed by atoms with van der Waals surface area (Å²) < 4.78 is 0. The molecule has 24 heavy (non-hydrogen) atoms. The summed E-state index contributed by atoms with van der Waals surface area (Å²) in [7, 11) is 1.81. The molecule has 1 aromatic carbocycles. The molecular weight excluding hydrogens is 295 g/mol. The monoisotopic (exact) mass is 321 g/mol. The Balaban J connectivity index is 1.78. The molecular formula is C21H26BO2. The van der Waals surface area contributed by atoms with Crippen molar-refractivity contribution in [3.05, 3.63) is 29.3 Å². The van der Waals surface area contributed by atoms with Gasteiger partial charge in [-0.05, 0) is 54.2 Å². The van der Waals surface area contributed by atoms with Gasteiger partial charge in [-0.2, -0.15) is 0 Å². The maximum absolute atomic E-state index is 13.1. The van der Waals surface area contributed by atoms with Crippen LogP contribution in [0.25, 0.3) is 5.57 Å². The number of aromatic hydroxyl groups is 1. The van der Waals surface area contributed by atoms with Gasteiger partial charge >= 0.3 is 0 Å². The van der Waals surface area contributed by atoms with Crippen molar-refractivity contribution in [3.8, 4) is 5.75 Å². The molecule has 1 heterocycles. The molecule has 1 saturated carbocycles. The number of phenols is 1. The van der Waals surface area contributed by atoms with Crippen molar-refractivity contribution in [3.63, 3.8) is 0 Å². The SMILES string of the molecule is CCCCCc1cc(O)c2c(c1)[B]C(=O)C13CCC(C=C21)C3(C)C. The maximum atomic E-state index is 13.1. The van der Waals surface area contributed by atoms with E-state index < -0.39 is 5.41 Å². The highest BCUT2D eigenvalue weighted by molar-refractivity contribution is 6.87. The van der Waals surface area contributed by atoms with Crippen LogP contribution in [0.15, 0.2) is 18.2 Å². The van der Waals surface area contributed by atoms with E-state index in [0.29, 0.717) is 11.7 Å². The number of fused-ring (bicyclic) bond motifs is 3. The van der Waals surface area contributed by atoms with Crippen molar-refractivity contribution in [2.75, 3.05) is 0 Å². The van der Waals surface area contributed by atoms with Crippen LogP contribution in [-0.2, 0) is 11.2 Å². The van der Waals surface area contributed by atoms with E-state index in [0.717, 1.165) is 47.8 Å². The molecule has 3 heteroatoms. The lowest BCUT2D eigenvalue weighted by atomic mass is 9.44. The summed E-state index contributed by atoms with van der Waals surface area (Å²) >= 11 is 0. The Hall–Kier alpha value is -1.51. The molecule has 1 aromatic rings. The number of unbranched alkanes of at least 4 members (excludes halogenated alkanes) is 2. The van der Waals surface area contributed by atoms with Crippen LogP contribution in [0.3, 0.4) is 0 Å². The lowest BCUT2D eigenvalue weighted by Gasteiger charge is -2.43. The van der Waals surface area contributed by atoms with Gasteiger partial charge in [0.05, 0.1) is 5.41 Å². The fourth-order valence-electron chi connectivity index (χ4n) is 5.46. The minimum atomic E-state index is -0.411. The fraction of sp³-hybridized carbons (Fsp3) is 0.571. The van der Waals surface area contributed by atoms with Crippen molar-refractivity contribution in [2.45, 2.75) is 59.3 Å².